The van der Waals surface area contributed by atoms with Gasteiger partial charge in [0.25, 0.3) is 0 Å². The van der Waals surface area contributed by atoms with E-state index in [2.05, 4.69) is 37.3 Å². The standard InChI is InChI=1S/C21H31N/c1-2-3-4-5-6-7-18-8-12-20(13-9-18)21-14-10-19(11-15-21)16-17-22/h10-11,14-15,18,20H,2-9,12-13,16H2,1H3. The highest BCUT2D eigenvalue weighted by Gasteiger charge is 2.21. The van der Waals surface area contributed by atoms with Crippen LogP contribution in [0.25, 0.3) is 0 Å². The fraction of sp³-hybridized carbons (Fsp3) is 0.667. The fourth-order valence-electron chi connectivity index (χ4n) is 3.82. The maximum absolute atomic E-state index is 8.74. The number of nitriles is 1. The quantitative estimate of drug-likeness (QED) is 0.510. The van der Waals surface area contributed by atoms with E-state index in [-0.39, 0.29) is 0 Å². The molecule has 0 N–H and O–H groups in total. The minimum Gasteiger partial charge on any atom is -0.198 e. The molecule has 1 saturated carbocycles. The lowest BCUT2D eigenvalue weighted by Crippen LogP contribution is -2.13. The lowest BCUT2D eigenvalue weighted by atomic mass is 9.77. The fourth-order valence-corrected chi connectivity index (χ4v) is 3.82. The second kappa shape index (κ2) is 9.67. The highest BCUT2D eigenvalue weighted by Crippen LogP contribution is 2.37. The van der Waals surface area contributed by atoms with Crippen LogP contribution in [0, 0.1) is 17.2 Å². The van der Waals surface area contributed by atoms with E-state index in [4.69, 9.17) is 5.26 Å². The summed E-state index contributed by atoms with van der Waals surface area (Å²) in [7, 11) is 0. The Morgan fingerprint density at radius 1 is 0.955 bits per heavy atom. The Morgan fingerprint density at radius 3 is 2.27 bits per heavy atom. The summed E-state index contributed by atoms with van der Waals surface area (Å²) in [5.74, 6) is 1.74. The minimum atomic E-state index is 0.533. The van der Waals surface area contributed by atoms with Gasteiger partial charge in [0.1, 0.15) is 0 Å². The van der Waals surface area contributed by atoms with Crippen LogP contribution in [0.15, 0.2) is 24.3 Å². The maximum atomic E-state index is 8.74. The molecule has 1 aromatic rings. The summed E-state index contributed by atoms with van der Waals surface area (Å²) in [6, 6.07) is 11.0. The zero-order chi connectivity index (χ0) is 15.6. The average Bonchev–Trinajstić information content (AvgIpc) is 2.56. The number of rotatable bonds is 8. The smallest absolute Gasteiger partial charge is 0.0669 e. The molecule has 0 atom stereocenters. The van der Waals surface area contributed by atoms with Crippen LogP contribution in [-0.2, 0) is 6.42 Å². The van der Waals surface area contributed by atoms with Gasteiger partial charge in [0.2, 0.25) is 0 Å². The van der Waals surface area contributed by atoms with Crippen LogP contribution < -0.4 is 0 Å². The molecule has 2 rings (SSSR count). The van der Waals surface area contributed by atoms with Gasteiger partial charge in [-0.25, -0.2) is 0 Å². The topological polar surface area (TPSA) is 23.8 Å². The zero-order valence-electron chi connectivity index (χ0n) is 14.2. The number of benzene rings is 1. The summed E-state index contributed by atoms with van der Waals surface area (Å²) in [4.78, 5) is 0. The molecule has 1 aliphatic rings. The van der Waals surface area contributed by atoms with Gasteiger partial charge in [-0.2, -0.15) is 5.26 Å². The molecule has 1 nitrogen and oxygen atoms in total. The van der Waals surface area contributed by atoms with Crippen molar-refractivity contribution in [1.82, 2.24) is 0 Å². The molecule has 0 aliphatic heterocycles. The van der Waals surface area contributed by atoms with Crippen LogP contribution >= 0.6 is 0 Å². The van der Waals surface area contributed by atoms with Crippen molar-refractivity contribution >= 4 is 0 Å². The van der Waals surface area contributed by atoms with Gasteiger partial charge in [0, 0.05) is 0 Å². The Hall–Kier alpha value is -1.29. The van der Waals surface area contributed by atoms with Crippen molar-refractivity contribution in [2.24, 2.45) is 5.92 Å². The molecule has 120 valence electrons. The first-order valence-electron chi connectivity index (χ1n) is 9.29. The number of hydrogen-bond acceptors (Lipinski definition) is 1. The number of unbranched alkanes of at least 4 members (excludes halogenated alkanes) is 4. The van der Waals surface area contributed by atoms with Gasteiger partial charge in [-0.05, 0) is 48.6 Å². The van der Waals surface area contributed by atoms with Crippen molar-refractivity contribution in [2.75, 3.05) is 0 Å². The first kappa shape index (κ1) is 17.1. The molecule has 1 fully saturated rings. The van der Waals surface area contributed by atoms with Gasteiger partial charge < -0.3 is 0 Å². The summed E-state index contributed by atoms with van der Waals surface area (Å²) >= 11 is 0. The third-order valence-corrected chi connectivity index (χ3v) is 5.30. The molecule has 0 amide bonds. The summed E-state index contributed by atoms with van der Waals surface area (Å²) < 4.78 is 0. The number of nitrogens with zero attached hydrogens (tertiary/aromatic N) is 1. The summed E-state index contributed by atoms with van der Waals surface area (Å²) in [5.41, 5.74) is 2.63. The molecule has 0 saturated heterocycles. The summed E-state index contributed by atoms with van der Waals surface area (Å²) in [6.45, 7) is 2.29. The number of hydrogen-bond donors (Lipinski definition) is 0. The second-order valence-electron chi connectivity index (χ2n) is 7.00. The van der Waals surface area contributed by atoms with Gasteiger partial charge in [-0.1, -0.05) is 69.7 Å². The van der Waals surface area contributed by atoms with Crippen LogP contribution in [-0.4, -0.2) is 0 Å². The van der Waals surface area contributed by atoms with E-state index in [9.17, 15) is 0 Å². The van der Waals surface area contributed by atoms with Crippen LogP contribution in [0.2, 0.25) is 0 Å². The van der Waals surface area contributed by atoms with E-state index in [1.807, 2.05) is 0 Å². The molecule has 1 aromatic carbocycles. The summed E-state index contributed by atoms with van der Waals surface area (Å²) in [6.07, 6.45) is 14.6. The molecular formula is C21H31N. The van der Waals surface area contributed by atoms with Gasteiger partial charge in [-0.3, -0.25) is 0 Å². The van der Waals surface area contributed by atoms with Crippen molar-refractivity contribution in [3.05, 3.63) is 35.4 Å². The molecule has 22 heavy (non-hydrogen) atoms. The molecule has 0 radical (unpaired) electrons. The predicted octanol–water partition coefficient (Wildman–Crippen LogP) is 6.39. The maximum Gasteiger partial charge on any atom is 0.0669 e. The SMILES string of the molecule is CCCCCCCC1CCC(c2ccc(CC#N)cc2)CC1. The minimum absolute atomic E-state index is 0.533. The molecule has 0 bridgehead atoms. The second-order valence-corrected chi connectivity index (χ2v) is 7.00. The van der Waals surface area contributed by atoms with Crippen molar-refractivity contribution < 1.29 is 0 Å². The molecule has 0 heterocycles. The van der Waals surface area contributed by atoms with Gasteiger partial charge >= 0.3 is 0 Å². The van der Waals surface area contributed by atoms with Crippen molar-refractivity contribution in [3.63, 3.8) is 0 Å². The monoisotopic (exact) mass is 297 g/mol. The van der Waals surface area contributed by atoms with E-state index in [1.54, 1.807) is 0 Å². The van der Waals surface area contributed by atoms with E-state index in [1.165, 1.54) is 69.8 Å². The van der Waals surface area contributed by atoms with Crippen molar-refractivity contribution in [1.29, 1.82) is 5.26 Å². The Kier molecular flexibility index (Phi) is 7.50. The Bertz CT molecular complexity index is 446. The highest BCUT2D eigenvalue weighted by atomic mass is 14.3. The molecule has 1 aliphatic carbocycles. The highest BCUT2D eigenvalue weighted by molar-refractivity contribution is 5.27. The van der Waals surface area contributed by atoms with Crippen LogP contribution in [0.5, 0.6) is 0 Å². The Morgan fingerprint density at radius 2 is 1.64 bits per heavy atom. The normalized spacial score (nSPS) is 21.5. The Labute approximate surface area is 136 Å². The first-order valence-corrected chi connectivity index (χ1v) is 9.29. The van der Waals surface area contributed by atoms with Gasteiger partial charge in [-0.15, -0.1) is 0 Å². The van der Waals surface area contributed by atoms with E-state index >= 15 is 0 Å². The van der Waals surface area contributed by atoms with Crippen LogP contribution in [0.3, 0.4) is 0 Å². The molecule has 0 spiro atoms. The zero-order valence-corrected chi connectivity index (χ0v) is 14.2. The molecule has 0 unspecified atom stereocenters. The average molecular weight is 297 g/mol. The van der Waals surface area contributed by atoms with E-state index < -0.39 is 0 Å². The summed E-state index contributed by atoms with van der Waals surface area (Å²) in [5, 5.41) is 8.74. The Balaban J connectivity index is 1.69. The van der Waals surface area contributed by atoms with Crippen LogP contribution in [0.4, 0.5) is 0 Å². The predicted molar refractivity (Wildman–Crippen MR) is 93.8 cm³/mol. The van der Waals surface area contributed by atoms with E-state index in [0.717, 1.165) is 17.4 Å². The van der Waals surface area contributed by atoms with Gasteiger partial charge in [0.15, 0.2) is 0 Å². The van der Waals surface area contributed by atoms with E-state index in [0.29, 0.717) is 6.42 Å². The molecular weight excluding hydrogens is 266 g/mol. The molecule has 1 heteroatoms. The van der Waals surface area contributed by atoms with Crippen molar-refractivity contribution in [2.45, 2.75) is 83.5 Å². The lowest BCUT2D eigenvalue weighted by molar-refractivity contribution is 0.302. The third kappa shape index (κ3) is 5.48. The lowest BCUT2D eigenvalue weighted by Gasteiger charge is -2.29. The van der Waals surface area contributed by atoms with Crippen molar-refractivity contribution in [3.8, 4) is 6.07 Å². The molecule has 0 aromatic heterocycles. The van der Waals surface area contributed by atoms with Gasteiger partial charge in [0.05, 0.1) is 12.5 Å². The largest absolute Gasteiger partial charge is 0.198 e. The third-order valence-electron chi connectivity index (χ3n) is 5.30. The first-order chi connectivity index (χ1) is 10.8. The van der Waals surface area contributed by atoms with Crippen LogP contribution in [0.1, 0.15) is 88.2 Å².